The molecule has 1 heterocycles. The van der Waals surface area contributed by atoms with Gasteiger partial charge in [0.25, 0.3) is 0 Å². The topological polar surface area (TPSA) is 12.4 Å². The average molecular weight is 210 g/mol. The van der Waals surface area contributed by atoms with E-state index in [1.54, 1.807) is 0 Å². The SMILES string of the molecule is CC1C=Nc2ccc(Br)cc21. The van der Waals surface area contributed by atoms with Gasteiger partial charge in [-0.2, -0.15) is 0 Å². The molecule has 0 amide bonds. The molecule has 1 unspecified atom stereocenters. The lowest BCUT2D eigenvalue weighted by Gasteiger charge is -2.01. The first-order chi connectivity index (χ1) is 5.27. The second-order valence-electron chi connectivity index (χ2n) is 2.77. The van der Waals surface area contributed by atoms with Gasteiger partial charge in [0.2, 0.25) is 0 Å². The third kappa shape index (κ3) is 1.11. The van der Waals surface area contributed by atoms with Crippen LogP contribution in [0.1, 0.15) is 18.4 Å². The van der Waals surface area contributed by atoms with Crippen LogP contribution in [0.25, 0.3) is 0 Å². The highest BCUT2D eigenvalue weighted by molar-refractivity contribution is 9.10. The molecule has 11 heavy (non-hydrogen) atoms. The Hall–Kier alpha value is -0.630. The second kappa shape index (κ2) is 2.45. The summed E-state index contributed by atoms with van der Waals surface area (Å²) in [6, 6.07) is 6.20. The summed E-state index contributed by atoms with van der Waals surface area (Å²) in [5.74, 6) is 0.475. The maximum atomic E-state index is 4.28. The fourth-order valence-corrected chi connectivity index (χ4v) is 1.66. The average Bonchev–Trinajstić information content (AvgIpc) is 2.33. The molecule has 1 aliphatic heterocycles. The molecule has 1 aromatic rings. The van der Waals surface area contributed by atoms with Gasteiger partial charge in [-0.25, -0.2) is 0 Å². The molecule has 0 bridgehead atoms. The minimum absolute atomic E-state index is 0.475. The smallest absolute Gasteiger partial charge is 0.0665 e. The third-order valence-corrected chi connectivity index (χ3v) is 2.41. The van der Waals surface area contributed by atoms with Crippen molar-refractivity contribution in [3.05, 3.63) is 28.2 Å². The largest absolute Gasteiger partial charge is 0.260 e. The zero-order chi connectivity index (χ0) is 7.84. The summed E-state index contributed by atoms with van der Waals surface area (Å²) < 4.78 is 1.13. The van der Waals surface area contributed by atoms with Gasteiger partial charge in [-0.1, -0.05) is 22.9 Å². The standard InChI is InChI=1S/C9H8BrN/c1-6-5-11-9-3-2-7(10)4-8(6)9/h2-6H,1H3. The van der Waals surface area contributed by atoms with Crippen molar-refractivity contribution in [2.45, 2.75) is 12.8 Å². The number of aliphatic imine (C=N–C) groups is 1. The molecule has 0 aromatic heterocycles. The fraction of sp³-hybridized carbons (Fsp3) is 0.222. The highest BCUT2D eigenvalue weighted by Crippen LogP contribution is 2.33. The predicted molar refractivity (Wildman–Crippen MR) is 50.7 cm³/mol. The number of rotatable bonds is 0. The Balaban J connectivity index is 2.58. The first-order valence-corrected chi connectivity index (χ1v) is 4.40. The Morgan fingerprint density at radius 3 is 3.09 bits per heavy atom. The van der Waals surface area contributed by atoms with E-state index in [0.717, 1.165) is 10.2 Å². The first kappa shape index (κ1) is 7.04. The zero-order valence-electron chi connectivity index (χ0n) is 6.21. The van der Waals surface area contributed by atoms with Crippen LogP contribution in [0.2, 0.25) is 0 Å². The summed E-state index contributed by atoms with van der Waals surface area (Å²) in [6.45, 7) is 2.15. The predicted octanol–water partition coefficient (Wildman–Crippen LogP) is 3.27. The van der Waals surface area contributed by atoms with E-state index in [1.165, 1.54) is 5.56 Å². The lowest BCUT2D eigenvalue weighted by Crippen LogP contribution is -1.87. The van der Waals surface area contributed by atoms with Crippen molar-refractivity contribution < 1.29 is 0 Å². The van der Waals surface area contributed by atoms with E-state index in [0.29, 0.717) is 5.92 Å². The lowest BCUT2D eigenvalue weighted by molar-refractivity contribution is 1.08. The molecule has 0 spiro atoms. The molecule has 56 valence electrons. The molecule has 1 atom stereocenters. The Morgan fingerprint density at radius 1 is 1.45 bits per heavy atom. The van der Waals surface area contributed by atoms with Crippen molar-refractivity contribution in [2.75, 3.05) is 0 Å². The van der Waals surface area contributed by atoms with E-state index in [4.69, 9.17) is 0 Å². The first-order valence-electron chi connectivity index (χ1n) is 3.61. The van der Waals surface area contributed by atoms with Crippen LogP contribution in [0.4, 0.5) is 5.69 Å². The van der Waals surface area contributed by atoms with Gasteiger partial charge < -0.3 is 0 Å². The van der Waals surface area contributed by atoms with Crippen LogP contribution in [0.15, 0.2) is 27.7 Å². The third-order valence-electron chi connectivity index (χ3n) is 1.92. The summed E-state index contributed by atoms with van der Waals surface area (Å²) in [6.07, 6.45) is 1.98. The van der Waals surface area contributed by atoms with E-state index < -0.39 is 0 Å². The molecule has 0 saturated heterocycles. The van der Waals surface area contributed by atoms with Gasteiger partial charge >= 0.3 is 0 Å². The molecule has 0 saturated carbocycles. The second-order valence-corrected chi connectivity index (χ2v) is 3.69. The number of benzene rings is 1. The summed E-state index contributed by atoms with van der Waals surface area (Å²) >= 11 is 3.44. The van der Waals surface area contributed by atoms with E-state index >= 15 is 0 Å². The molecule has 1 aromatic carbocycles. The van der Waals surface area contributed by atoms with Crippen molar-refractivity contribution >= 4 is 27.8 Å². The summed E-state index contributed by atoms with van der Waals surface area (Å²) in [5.41, 5.74) is 2.43. The van der Waals surface area contributed by atoms with Gasteiger partial charge in [0.05, 0.1) is 5.69 Å². The highest BCUT2D eigenvalue weighted by Gasteiger charge is 2.13. The number of hydrogen-bond donors (Lipinski definition) is 0. The van der Waals surface area contributed by atoms with Crippen LogP contribution in [-0.4, -0.2) is 6.21 Å². The molecule has 1 nitrogen and oxygen atoms in total. The van der Waals surface area contributed by atoms with Crippen molar-refractivity contribution in [1.29, 1.82) is 0 Å². The van der Waals surface area contributed by atoms with Gasteiger partial charge in [0.15, 0.2) is 0 Å². The normalized spacial score (nSPS) is 20.4. The minimum Gasteiger partial charge on any atom is -0.260 e. The van der Waals surface area contributed by atoms with Crippen LogP contribution in [0.3, 0.4) is 0 Å². The van der Waals surface area contributed by atoms with Gasteiger partial charge in [-0.15, -0.1) is 0 Å². The van der Waals surface area contributed by atoms with Crippen LogP contribution in [0, 0.1) is 0 Å². The maximum absolute atomic E-state index is 4.28. The lowest BCUT2D eigenvalue weighted by atomic mass is 10.0. The Bertz CT molecular complexity index is 317. The molecule has 0 N–H and O–H groups in total. The van der Waals surface area contributed by atoms with Gasteiger partial charge in [-0.3, -0.25) is 4.99 Å². The Morgan fingerprint density at radius 2 is 2.27 bits per heavy atom. The minimum atomic E-state index is 0.475. The van der Waals surface area contributed by atoms with Gasteiger partial charge in [-0.05, 0) is 23.8 Å². The van der Waals surface area contributed by atoms with Gasteiger partial charge in [0, 0.05) is 16.6 Å². The molecular formula is C9H8BrN. The summed E-state index contributed by atoms with van der Waals surface area (Å²) in [7, 11) is 0. The van der Waals surface area contributed by atoms with Crippen molar-refractivity contribution in [1.82, 2.24) is 0 Å². The van der Waals surface area contributed by atoms with Crippen LogP contribution in [0.5, 0.6) is 0 Å². The molecule has 2 heteroatoms. The molecule has 0 aliphatic carbocycles. The Labute approximate surface area is 74.3 Å². The number of hydrogen-bond acceptors (Lipinski definition) is 1. The van der Waals surface area contributed by atoms with Crippen LogP contribution >= 0.6 is 15.9 Å². The van der Waals surface area contributed by atoms with E-state index in [-0.39, 0.29) is 0 Å². The zero-order valence-corrected chi connectivity index (χ0v) is 7.80. The van der Waals surface area contributed by atoms with Crippen molar-refractivity contribution in [3.63, 3.8) is 0 Å². The summed E-state index contributed by atoms with van der Waals surface area (Å²) in [5, 5.41) is 0. The summed E-state index contributed by atoms with van der Waals surface area (Å²) in [4.78, 5) is 4.28. The van der Waals surface area contributed by atoms with Crippen molar-refractivity contribution in [2.24, 2.45) is 4.99 Å². The van der Waals surface area contributed by atoms with Crippen LogP contribution in [-0.2, 0) is 0 Å². The van der Waals surface area contributed by atoms with Crippen molar-refractivity contribution in [3.8, 4) is 0 Å². The Kier molecular flexibility index (Phi) is 1.57. The quantitative estimate of drug-likeness (QED) is 0.623. The number of nitrogens with zero attached hydrogens (tertiary/aromatic N) is 1. The van der Waals surface area contributed by atoms with E-state index in [2.05, 4.69) is 33.9 Å². The monoisotopic (exact) mass is 209 g/mol. The van der Waals surface area contributed by atoms with E-state index in [9.17, 15) is 0 Å². The maximum Gasteiger partial charge on any atom is 0.0665 e. The molecule has 1 aliphatic rings. The molecule has 0 radical (unpaired) electrons. The fourth-order valence-electron chi connectivity index (χ4n) is 1.28. The number of fused-ring (bicyclic) bond motifs is 1. The van der Waals surface area contributed by atoms with Gasteiger partial charge in [0.1, 0.15) is 0 Å². The molecule has 2 rings (SSSR count). The van der Waals surface area contributed by atoms with E-state index in [1.807, 2.05) is 18.3 Å². The molecular weight excluding hydrogens is 202 g/mol. The molecule has 0 fully saturated rings. The van der Waals surface area contributed by atoms with Crippen LogP contribution < -0.4 is 0 Å². The number of halogens is 1. The highest BCUT2D eigenvalue weighted by atomic mass is 79.9.